The molecule has 5 heteroatoms. The van der Waals surface area contributed by atoms with Gasteiger partial charge in [0.2, 0.25) is 12.5 Å². The van der Waals surface area contributed by atoms with Gasteiger partial charge in [-0.15, -0.1) is 0 Å². The lowest BCUT2D eigenvalue weighted by Gasteiger charge is -2.34. The van der Waals surface area contributed by atoms with Crippen molar-refractivity contribution in [2.24, 2.45) is 0 Å². The van der Waals surface area contributed by atoms with E-state index in [4.69, 9.17) is 14.2 Å². The summed E-state index contributed by atoms with van der Waals surface area (Å²) < 4.78 is 17.3. The normalized spacial score (nSPS) is 18.1. The quantitative estimate of drug-likeness (QED) is 0.682. The van der Waals surface area contributed by atoms with Gasteiger partial charge in [-0.25, -0.2) is 0 Å². The first-order chi connectivity index (χ1) is 11.8. The molecule has 0 aromatic heterocycles. The van der Waals surface area contributed by atoms with Gasteiger partial charge in [0.05, 0.1) is 6.61 Å². The second-order valence-electron chi connectivity index (χ2n) is 6.61. The fraction of sp³-hybridized carbons (Fsp3) is 0.684. The minimum Gasteiger partial charge on any atom is -0.489 e. The molecular weight excluding hydrogens is 304 g/mol. The molecule has 5 nitrogen and oxygen atoms in total. The number of nitrogens with zero attached hydrogens (tertiary/aromatic N) is 2. The van der Waals surface area contributed by atoms with Gasteiger partial charge in [-0.3, -0.25) is 4.90 Å². The fourth-order valence-corrected chi connectivity index (χ4v) is 3.32. The zero-order valence-electron chi connectivity index (χ0n) is 15.1. The Bertz CT molecular complexity index is 528. The maximum absolute atomic E-state index is 6.08. The van der Waals surface area contributed by atoms with Crippen molar-refractivity contribution in [3.63, 3.8) is 0 Å². The van der Waals surface area contributed by atoms with Crippen molar-refractivity contribution in [1.29, 1.82) is 0 Å². The van der Waals surface area contributed by atoms with Crippen LogP contribution in [0.2, 0.25) is 0 Å². The average molecular weight is 334 g/mol. The van der Waals surface area contributed by atoms with Crippen LogP contribution in [0.3, 0.4) is 0 Å². The predicted octanol–water partition coefficient (Wildman–Crippen LogP) is 3.12. The number of hydrogen-bond acceptors (Lipinski definition) is 5. The summed E-state index contributed by atoms with van der Waals surface area (Å²) in [6.07, 6.45) is 3.42. The van der Waals surface area contributed by atoms with E-state index in [0.717, 1.165) is 69.4 Å². The van der Waals surface area contributed by atoms with Crippen LogP contribution in [0.4, 0.5) is 0 Å². The molecule has 24 heavy (non-hydrogen) atoms. The summed E-state index contributed by atoms with van der Waals surface area (Å²) in [6.45, 7) is 12.1. The number of rotatable bonds is 8. The third kappa shape index (κ3) is 4.14. The number of unbranched alkanes of at least 4 members (excludes halogenated alkanes) is 1. The highest BCUT2D eigenvalue weighted by Crippen LogP contribution is 2.43. The zero-order valence-corrected chi connectivity index (χ0v) is 15.1. The fourth-order valence-electron chi connectivity index (χ4n) is 3.32. The molecule has 0 saturated carbocycles. The third-order valence-electron chi connectivity index (χ3n) is 4.72. The van der Waals surface area contributed by atoms with E-state index in [0.29, 0.717) is 6.79 Å². The molecule has 1 fully saturated rings. The van der Waals surface area contributed by atoms with E-state index in [1.165, 1.54) is 18.5 Å². The predicted molar refractivity (Wildman–Crippen MR) is 95.0 cm³/mol. The molecule has 1 aromatic carbocycles. The molecule has 0 atom stereocenters. The second-order valence-corrected chi connectivity index (χ2v) is 6.61. The molecule has 134 valence electrons. The molecule has 2 aliphatic heterocycles. The maximum Gasteiger partial charge on any atom is 0.231 e. The second kappa shape index (κ2) is 8.58. The lowest BCUT2D eigenvalue weighted by molar-refractivity contribution is 0.126. The SMILES string of the molecule is CCCCOc1c(CN2CCN(CCC)CC2)ccc2c1OCO2. The number of fused-ring (bicyclic) bond motifs is 1. The van der Waals surface area contributed by atoms with Crippen molar-refractivity contribution in [2.75, 3.05) is 46.1 Å². The van der Waals surface area contributed by atoms with Crippen LogP contribution in [0.1, 0.15) is 38.7 Å². The summed E-state index contributed by atoms with van der Waals surface area (Å²) in [5, 5.41) is 0. The van der Waals surface area contributed by atoms with Crippen LogP contribution in [0.5, 0.6) is 17.2 Å². The molecule has 0 aliphatic carbocycles. The summed E-state index contributed by atoms with van der Waals surface area (Å²) >= 11 is 0. The molecule has 0 amide bonds. The summed E-state index contributed by atoms with van der Waals surface area (Å²) in [5.41, 5.74) is 1.21. The number of benzene rings is 1. The lowest BCUT2D eigenvalue weighted by Crippen LogP contribution is -2.46. The number of piperazine rings is 1. The van der Waals surface area contributed by atoms with Crippen LogP contribution in [-0.4, -0.2) is 55.9 Å². The van der Waals surface area contributed by atoms with Crippen molar-refractivity contribution in [2.45, 2.75) is 39.7 Å². The molecule has 0 unspecified atom stereocenters. The summed E-state index contributed by atoms with van der Waals surface area (Å²) in [5.74, 6) is 2.47. The third-order valence-corrected chi connectivity index (χ3v) is 4.72. The summed E-state index contributed by atoms with van der Waals surface area (Å²) in [4.78, 5) is 5.06. The van der Waals surface area contributed by atoms with Crippen molar-refractivity contribution < 1.29 is 14.2 Å². The van der Waals surface area contributed by atoms with Gasteiger partial charge in [-0.05, 0) is 25.5 Å². The molecule has 2 aliphatic rings. The first-order valence-corrected chi connectivity index (χ1v) is 9.30. The van der Waals surface area contributed by atoms with Gasteiger partial charge in [0.15, 0.2) is 11.5 Å². The summed E-state index contributed by atoms with van der Waals surface area (Å²) in [7, 11) is 0. The van der Waals surface area contributed by atoms with Gasteiger partial charge < -0.3 is 19.1 Å². The van der Waals surface area contributed by atoms with E-state index in [-0.39, 0.29) is 0 Å². The van der Waals surface area contributed by atoms with Crippen LogP contribution < -0.4 is 14.2 Å². The van der Waals surface area contributed by atoms with Crippen LogP contribution >= 0.6 is 0 Å². The van der Waals surface area contributed by atoms with E-state index in [1.807, 2.05) is 6.07 Å². The van der Waals surface area contributed by atoms with Crippen molar-refractivity contribution in [3.8, 4) is 17.2 Å². The Kier molecular flexibility index (Phi) is 6.21. The Balaban J connectivity index is 1.66. The van der Waals surface area contributed by atoms with E-state index in [9.17, 15) is 0 Å². The highest BCUT2D eigenvalue weighted by Gasteiger charge is 2.24. The standard InChI is InChI=1S/C19H30N2O3/c1-3-5-13-22-18-16(6-7-17-19(18)24-15-23-17)14-21-11-9-20(8-4-2)10-12-21/h6-7H,3-5,8-15H2,1-2H3. The minimum absolute atomic E-state index is 0.290. The van der Waals surface area contributed by atoms with E-state index >= 15 is 0 Å². The average Bonchev–Trinajstić information content (AvgIpc) is 3.07. The Hall–Kier alpha value is -1.46. The smallest absolute Gasteiger partial charge is 0.231 e. The van der Waals surface area contributed by atoms with Crippen molar-refractivity contribution in [3.05, 3.63) is 17.7 Å². The first-order valence-electron chi connectivity index (χ1n) is 9.30. The topological polar surface area (TPSA) is 34.2 Å². The van der Waals surface area contributed by atoms with Crippen molar-refractivity contribution in [1.82, 2.24) is 9.80 Å². The molecule has 0 N–H and O–H groups in total. The molecule has 0 spiro atoms. The molecule has 0 bridgehead atoms. The van der Waals surface area contributed by atoms with Gasteiger partial charge in [0.25, 0.3) is 0 Å². The Morgan fingerprint density at radius 1 is 1.00 bits per heavy atom. The van der Waals surface area contributed by atoms with Gasteiger partial charge >= 0.3 is 0 Å². The molecular formula is C19H30N2O3. The molecule has 2 heterocycles. The lowest BCUT2D eigenvalue weighted by atomic mass is 10.1. The van der Waals surface area contributed by atoms with Gasteiger partial charge in [0, 0.05) is 38.3 Å². The van der Waals surface area contributed by atoms with Gasteiger partial charge in [0.1, 0.15) is 0 Å². The Morgan fingerprint density at radius 3 is 2.54 bits per heavy atom. The number of hydrogen-bond donors (Lipinski definition) is 0. The summed E-state index contributed by atoms with van der Waals surface area (Å²) in [6, 6.07) is 4.14. The van der Waals surface area contributed by atoms with Crippen LogP contribution in [-0.2, 0) is 6.54 Å². The maximum atomic E-state index is 6.08. The monoisotopic (exact) mass is 334 g/mol. The molecule has 1 aromatic rings. The van der Waals surface area contributed by atoms with Gasteiger partial charge in [-0.2, -0.15) is 0 Å². The Labute approximate surface area is 145 Å². The largest absolute Gasteiger partial charge is 0.489 e. The van der Waals surface area contributed by atoms with E-state index < -0.39 is 0 Å². The molecule has 0 radical (unpaired) electrons. The van der Waals surface area contributed by atoms with Gasteiger partial charge in [-0.1, -0.05) is 26.3 Å². The van der Waals surface area contributed by atoms with E-state index in [1.54, 1.807) is 0 Å². The first kappa shape index (κ1) is 17.4. The van der Waals surface area contributed by atoms with Crippen LogP contribution in [0.15, 0.2) is 12.1 Å². The number of ether oxygens (including phenoxy) is 3. The molecule has 1 saturated heterocycles. The van der Waals surface area contributed by atoms with E-state index in [2.05, 4.69) is 29.7 Å². The van der Waals surface area contributed by atoms with Crippen molar-refractivity contribution >= 4 is 0 Å². The Morgan fingerprint density at radius 2 is 1.79 bits per heavy atom. The highest BCUT2D eigenvalue weighted by molar-refractivity contribution is 5.56. The minimum atomic E-state index is 0.290. The van der Waals surface area contributed by atoms with Crippen LogP contribution in [0.25, 0.3) is 0 Å². The highest BCUT2D eigenvalue weighted by atomic mass is 16.7. The molecule has 3 rings (SSSR count). The zero-order chi connectivity index (χ0) is 16.8. The van der Waals surface area contributed by atoms with Crippen LogP contribution in [0, 0.1) is 0 Å².